The third kappa shape index (κ3) is 5.19. The second-order valence-electron chi connectivity index (χ2n) is 4.15. The molecule has 0 fully saturated rings. The minimum Gasteiger partial charge on any atom is -0.337 e. The van der Waals surface area contributed by atoms with Gasteiger partial charge in [-0.15, -0.1) is 0 Å². The lowest BCUT2D eigenvalue weighted by Gasteiger charge is -2.22. The Morgan fingerprint density at radius 3 is 2.68 bits per heavy atom. The molecule has 0 bridgehead atoms. The Hall–Kier alpha value is -1.73. The van der Waals surface area contributed by atoms with Gasteiger partial charge in [0, 0.05) is 26.0 Å². The Kier molecular flexibility index (Phi) is 5.20. The Morgan fingerprint density at radius 2 is 2.21 bits per heavy atom. The van der Waals surface area contributed by atoms with Gasteiger partial charge in [0.25, 0.3) is 0 Å². The molecule has 0 atom stereocenters. The number of amides is 2. The van der Waals surface area contributed by atoms with E-state index in [1.54, 1.807) is 24.0 Å². The van der Waals surface area contributed by atoms with Crippen molar-refractivity contribution in [2.45, 2.75) is 26.1 Å². The van der Waals surface area contributed by atoms with Gasteiger partial charge in [-0.05, 0) is 6.42 Å². The zero-order valence-corrected chi connectivity index (χ0v) is 10.9. The van der Waals surface area contributed by atoms with Gasteiger partial charge in [0.05, 0.1) is 6.54 Å². The summed E-state index contributed by atoms with van der Waals surface area (Å²) in [5, 5.41) is 1.86. The van der Waals surface area contributed by atoms with Crippen LogP contribution in [-0.4, -0.2) is 39.7 Å². The van der Waals surface area contributed by atoms with Crippen molar-refractivity contribution in [2.24, 2.45) is 7.05 Å². The van der Waals surface area contributed by atoms with E-state index in [2.05, 4.69) is 4.98 Å². The SMILES string of the molecule is CCCN(Cc1nccn1C)C(=O)NCC(F)(F)F. The van der Waals surface area contributed by atoms with Crippen molar-refractivity contribution >= 4 is 6.03 Å². The highest BCUT2D eigenvalue weighted by atomic mass is 19.4. The Bertz CT molecular complexity index is 416. The lowest BCUT2D eigenvalue weighted by Crippen LogP contribution is -2.44. The van der Waals surface area contributed by atoms with Crippen LogP contribution in [0.5, 0.6) is 0 Å². The van der Waals surface area contributed by atoms with Crippen LogP contribution in [0.25, 0.3) is 0 Å². The summed E-state index contributed by atoms with van der Waals surface area (Å²) in [5.74, 6) is 0.621. The van der Waals surface area contributed by atoms with Gasteiger partial charge in [0.2, 0.25) is 0 Å². The van der Waals surface area contributed by atoms with Gasteiger partial charge in [-0.2, -0.15) is 13.2 Å². The van der Waals surface area contributed by atoms with Gasteiger partial charge < -0.3 is 14.8 Å². The van der Waals surface area contributed by atoms with Crippen LogP contribution >= 0.6 is 0 Å². The van der Waals surface area contributed by atoms with E-state index < -0.39 is 18.8 Å². The number of rotatable bonds is 5. The number of imidazole rings is 1. The van der Waals surface area contributed by atoms with Crippen LogP contribution in [0.2, 0.25) is 0 Å². The molecule has 0 aliphatic carbocycles. The summed E-state index contributed by atoms with van der Waals surface area (Å²) >= 11 is 0. The average molecular weight is 278 g/mol. The minimum atomic E-state index is -4.41. The summed E-state index contributed by atoms with van der Waals surface area (Å²) < 4.78 is 37.9. The maximum atomic E-state index is 12.1. The van der Waals surface area contributed by atoms with Crippen molar-refractivity contribution in [3.8, 4) is 0 Å². The first-order chi connectivity index (χ1) is 8.83. The molecule has 0 aromatic carbocycles. The van der Waals surface area contributed by atoms with E-state index in [1.165, 1.54) is 4.90 Å². The fourth-order valence-corrected chi connectivity index (χ4v) is 1.53. The quantitative estimate of drug-likeness (QED) is 0.894. The first kappa shape index (κ1) is 15.3. The molecule has 2 amide bonds. The molecule has 8 heteroatoms. The number of carbonyl (C=O) groups is 1. The second-order valence-corrected chi connectivity index (χ2v) is 4.15. The number of urea groups is 1. The molecule has 0 spiro atoms. The molecule has 1 N–H and O–H groups in total. The fraction of sp³-hybridized carbons (Fsp3) is 0.636. The summed E-state index contributed by atoms with van der Waals surface area (Å²) in [7, 11) is 1.76. The Balaban J connectivity index is 2.61. The van der Waals surface area contributed by atoms with Gasteiger partial charge in [-0.25, -0.2) is 9.78 Å². The van der Waals surface area contributed by atoms with Gasteiger partial charge in [-0.3, -0.25) is 0 Å². The maximum absolute atomic E-state index is 12.1. The van der Waals surface area contributed by atoms with E-state index in [4.69, 9.17) is 0 Å². The van der Waals surface area contributed by atoms with Crippen LogP contribution in [0.1, 0.15) is 19.2 Å². The van der Waals surface area contributed by atoms with E-state index in [9.17, 15) is 18.0 Å². The summed E-state index contributed by atoms with van der Waals surface area (Å²) in [4.78, 5) is 17.1. The number of nitrogens with one attached hydrogen (secondary N) is 1. The standard InChI is InChI=1S/C11H17F3N4O/c1-3-5-18(7-9-15-4-6-17(9)2)10(19)16-8-11(12,13)14/h4,6H,3,5,7-8H2,1-2H3,(H,16,19). The maximum Gasteiger partial charge on any atom is 0.405 e. The first-order valence-corrected chi connectivity index (χ1v) is 5.89. The molecule has 0 aliphatic heterocycles. The molecule has 108 valence electrons. The number of carbonyl (C=O) groups excluding carboxylic acids is 1. The lowest BCUT2D eigenvalue weighted by atomic mass is 10.4. The molecule has 0 radical (unpaired) electrons. The van der Waals surface area contributed by atoms with Gasteiger partial charge in [0.1, 0.15) is 12.4 Å². The van der Waals surface area contributed by atoms with Crippen LogP contribution in [0, 0.1) is 0 Å². The fourth-order valence-electron chi connectivity index (χ4n) is 1.53. The van der Waals surface area contributed by atoms with Crippen LogP contribution in [-0.2, 0) is 13.6 Å². The molecule has 1 aromatic rings. The van der Waals surface area contributed by atoms with E-state index in [0.29, 0.717) is 18.8 Å². The average Bonchev–Trinajstić information content (AvgIpc) is 2.70. The van der Waals surface area contributed by atoms with Crippen LogP contribution in [0.4, 0.5) is 18.0 Å². The Labute approximate surface area is 109 Å². The lowest BCUT2D eigenvalue weighted by molar-refractivity contribution is -0.123. The summed E-state index contributed by atoms with van der Waals surface area (Å²) in [5.41, 5.74) is 0. The third-order valence-electron chi connectivity index (χ3n) is 2.47. The largest absolute Gasteiger partial charge is 0.405 e. The molecule has 0 aliphatic rings. The normalized spacial score (nSPS) is 11.4. The number of aryl methyl sites for hydroxylation is 1. The summed E-state index contributed by atoms with van der Waals surface area (Å²) in [6, 6.07) is -0.734. The van der Waals surface area contributed by atoms with Crippen LogP contribution < -0.4 is 5.32 Å². The molecule has 0 unspecified atom stereocenters. The third-order valence-corrected chi connectivity index (χ3v) is 2.47. The number of alkyl halides is 3. The number of hydrogen-bond acceptors (Lipinski definition) is 2. The van der Waals surface area contributed by atoms with Gasteiger partial charge in [-0.1, -0.05) is 6.92 Å². The van der Waals surface area contributed by atoms with E-state index >= 15 is 0 Å². The van der Waals surface area contributed by atoms with Crippen molar-refractivity contribution < 1.29 is 18.0 Å². The number of nitrogens with zero attached hydrogens (tertiary/aromatic N) is 3. The van der Waals surface area contributed by atoms with E-state index in [1.807, 2.05) is 12.2 Å². The minimum absolute atomic E-state index is 0.182. The van der Waals surface area contributed by atoms with Crippen molar-refractivity contribution in [1.82, 2.24) is 19.8 Å². The van der Waals surface area contributed by atoms with Crippen LogP contribution in [0.15, 0.2) is 12.4 Å². The summed E-state index contributed by atoms with van der Waals surface area (Å²) in [6.45, 7) is 1.08. The number of halogens is 3. The smallest absolute Gasteiger partial charge is 0.337 e. The van der Waals surface area contributed by atoms with E-state index in [-0.39, 0.29) is 6.54 Å². The van der Waals surface area contributed by atoms with Crippen LogP contribution in [0.3, 0.4) is 0 Å². The van der Waals surface area contributed by atoms with Crippen molar-refractivity contribution in [1.29, 1.82) is 0 Å². The van der Waals surface area contributed by atoms with E-state index in [0.717, 1.165) is 0 Å². The second kappa shape index (κ2) is 6.44. The number of aromatic nitrogens is 2. The predicted octanol–water partition coefficient (Wildman–Crippen LogP) is 1.90. The molecular formula is C11H17F3N4O. The molecule has 1 aromatic heterocycles. The van der Waals surface area contributed by atoms with Crippen molar-refractivity contribution in [2.75, 3.05) is 13.1 Å². The highest BCUT2D eigenvalue weighted by Crippen LogP contribution is 2.12. The van der Waals surface area contributed by atoms with Gasteiger partial charge in [0.15, 0.2) is 0 Å². The summed E-state index contributed by atoms with van der Waals surface area (Å²) in [6.07, 6.45) is -0.458. The van der Waals surface area contributed by atoms with Crippen molar-refractivity contribution in [3.05, 3.63) is 18.2 Å². The highest BCUT2D eigenvalue weighted by molar-refractivity contribution is 5.74. The molecule has 0 saturated heterocycles. The molecule has 1 heterocycles. The molecular weight excluding hydrogens is 261 g/mol. The Morgan fingerprint density at radius 1 is 1.53 bits per heavy atom. The zero-order valence-electron chi connectivity index (χ0n) is 10.9. The zero-order chi connectivity index (χ0) is 14.5. The molecule has 1 rings (SSSR count). The monoisotopic (exact) mass is 278 g/mol. The first-order valence-electron chi connectivity index (χ1n) is 5.89. The number of hydrogen-bond donors (Lipinski definition) is 1. The molecule has 5 nitrogen and oxygen atoms in total. The molecule has 0 saturated carbocycles. The topological polar surface area (TPSA) is 50.2 Å². The predicted molar refractivity (Wildman–Crippen MR) is 63.4 cm³/mol. The molecule has 19 heavy (non-hydrogen) atoms. The highest BCUT2D eigenvalue weighted by Gasteiger charge is 2.28. The van der Waals surface area contributed by atoms with Crippen molar-refractivity contribution in [3.63, 3.8) is 0 Å². The van der Waals surface area contributed by atoms with Gasteiger partial charge >= 0.3 is 12.2 Å².